The molecule has 0 saturated heterocycles. The number of hydrogen-bond donors (Lipinski definition) is 1. The van der Waals surface area contributed by atoms with Gasteiger partial charge in [0, 0.05) is 23.6 Å². The Morgan fingerprint density at radius 2 is 1.90 bits per heavy atom. The molecule has 2 aromatic carbocycles. The zero-order valence-corrected chi connectivity index (χ0v) is 13.4. The number of methoxy groups -OCH3 is 1. The van der Waals surface area contributed by atoms with Crippen LogP contribution in [0, 0.1) is 0 Å². The van der Waals surface area contributed by atoms with E-state index in [9.17, 15) is 9.90 Å². The third kappa shape index (κ3) is 3.76. The number of halogens is 1. The van der Waals surface area contributed by atoms with Gasteiger partial charge in [-0.15, -0.1) is 0 Å². The molecule has 0 spiro atoms. The highest BCUT2D eigenvalue weighted by Gasteiger charge is 2.14. The van der Waals surface area contributed by atoms with Crippen LogP contribution in [0.5, 0.6) is 11.5 Å². The van der Waals surface area contributed by atoms with Gasteiger partial charge in [-0.05, 0) is 35.9 Å². The van der Waals surface area contributed by atoms with Crippen molar-refractivity contribution in [2.24, 2.45) is 0 Å². The van der Waals surface area contributed by atoms with Crippen molar-refractivity contribution in [3.63, 3.8) is 0 Å². The maximum absolute atomic E-state index is 12.3. The van der Waals surface area contributed by atoms with E-state index in [0.717, 1.165) is 10.0 Å². The minimum atomic E-state index is -0.157. The standard InChI is InChI=1S/C16H16BrNO3/c1-18(10-11-3-6-13(17)7-4-11)16(20)12-5-8-15(21-2)14(19)9-12/h3-9,19H,10H2,1-2H3. The first-order valence-electron chi connectivity index (χ1n) is 6.38. The van der Waals surface area contributed by atoms with E-state index in [1.807, 2.05) is 24.3 Å². The van der Waals surface area contributed by atoms with Crippen molar-refractivity contribution >= 4 is 21.8 Å². The van der Waals surface area contributed by atoms with Crippen LogP contribution >= 0.6 is 15.9 Å². The van der Waals surface area contributed by atoms with Crippen molar-refractivity contribution in [2.75, 3.05) is 14.2 Å². The lowest BCUT2D eigenvalue weighted by molar-refractivity contribution is 0.0784. The van der Waals surface area contributed by atoms with E-state index in [0.29, 0.717) is 17.9 Å². The molecule has 2 aromatic rings. The van der Waals surface area contributed by atoms with Gasteiger partial charge in [0.15, 0.2) is 11.5 Å². The molecule has 21 heavy (non-hydrogen) atoms. The molecule has 1 amide bonds. The third-order valence-corrected chi connectivity index (χ3v) is 3.63. The van der Waals surface area contributed by atoms with E-state index in [2.05, 4.69) is 15.9 Å². The number of amides is 1. The van der Waals surface area contributed by atoms with E-state index in [-0.39, 0.29) is 11.7 Å². The Hall–Kier alpha value is -2.01. The number of phenolic OH excluding ortho intramolecular Hbond substituents is 1. The molecule has 110 valence electrons. The van der Waals surface area contributed by atoms with Gasteiger partial charge >= 0.3 is 0 Å². The number of aromatic hydroxyl groups is 1. The molecule has 0 unspecified atom stereocenters. The summed E-state index contributed by atoms with van der Waals surface area (Å²) >= 11 is 3.38. The molecule has 0 atom stereocenters. The van der Waals surface area contributed by atoms with Crippen LogP contribution in [0.25, 0.3) is 0 Å². The molecule has 0 saturated carbocycles. The fourth-order valence-corrected chi connectivity index (χ4v) is 2.24. The fraction of sp³-hybridized carbons (Fsp3) is 0.188. The molecule has 0 aliphatic heterocycles. The minimum absolute atomic E-state index is 0.0413. The van der Waals surface area contributed by atoms with Gasteiger partial charge in [0.25, 0.3) is 5.91 Å². The van der Waals surface area contributed by atoms with E-state index >= 15 is 0 Å². The lowest BCUT2D eigenvalue weighted by Crippen LogP contribution is -2.26. The monoisotopic (exact) mass is 349 g/mol. The molecule has 2 rings (SSSR count). The summed E-state index contributed by atoms with van der Waals surface area (Å²) in [4.78, 5) is 13.9. The largest absolute Gasteiger partial charge is 0.504 e. The maximum Gasteiger partial charge on any atom is 0.254 e. The first-order valence-corrected chi connectivity index (χ1v) is 7.17. The number of rotatable bonds is 4. The summed E-state index contributed by atoms with van der Waals surface area (Å²) in [5.41, 5.74) is 1.46. The number of nitrogens with zero attached hydrogens (tertiary/aromatic N) is 1. The number of carbonyl (C=O) groups is 1. The van der Waals surface area contributed by atoms with E-state index in [1.54, 1.807) is 24.1 Å². The second kappa shape index (κ2) is 6.63. The van der Waals surface area contributed by atoms with Gasteiger partial charge in [0.05, 0.1) is 7.11 Å². The quantitative estimate of drug-likeness (QED) is 0.919. The predicted molar refractivity (Wildman–Crippen MR) is 84.6 cm³/mol. The molecular formula is C16H16BrNO3. The van der Waals surface area contributed by atoms with Gasteiger partial charge in [-0.1, -0.05) is 28.1 Å². The maximum atomic E-state index is 12.3. The number of benzene rings is 2. The average Bonchev–Trinajstić information content (AvgIpc) is 2.48. The average molecular weight is 350 g/mol. The van der Waals surface area contributed by atoms with Crippen molar-refractivity contribution < 1.29 is 14.6 Å². The van der Waals surface area contributed by atoms with E-state index < -0.39 is 0 Å². The Morgan fingerprint density at radius 3 is 2.48 bits per heavy atom. The molecule has 0 aliphatic carbocycles. The highest BCUT2D eigenvalue weighted by atomic mass is 79.9. The molecule has 0 radical (unpaired) electrons. The van der Waals surface area contributed by atoms with Crippen LogP contribution < -0.4 is 4.74 Å². The van der Waals surface area contributed by atoms with Crippen molar-refractivity contribution in [2.45, 2.75) is 6.54 Å². The molecule has 0 heterocycles. The number of phenols is 1. The van der Waals surface area contributed by atoms with Gasteiger partial charge in [-0.25, -0.2) is 0 Å². The van der Waals surface area contributed by atoms with Crippen LogP contribution in [0.3, 0.4) is 0 Å². The molecule has 4 nitrogen and oxygen atoms in total. The second-order valence-electron chi connectivity index (χ2n) is 4.67. The normalized spacial score (nSPS) is 10.2. The summed E-state index contributed by atoms with van der Waals surface area (Å²) in [6.45, 7) is 0.499. The molecule has 0 fully saturated rings. The van der Waals surface area contributed by atoms with Crippen molar-refractivity contribution in [3.05, 3.63) is 58.1 Å². The van der Waals surface area contributed by atoms with Crippen LogP contribution in [0.1, 0.15) is 15.9 Å². The Balaban J connectivity index is 2.11. The summed E-state index contributed by atoms with van der Waals surface area (Å²) < 4.78 is 5.97. The smallest absolute Gasteiger partial charge is 0.254 e. The Morgan fingerprint density at radius 1 is 1.24 bits per heavy atom. The number of ether oxygens (including phenoxy) is 1. The molecule has 1 N–H and O–H groups in total. The van der Waals surface area contributed by atoms with Crippen LogP contribution in [0.4, 0.5) is 0 Å². The van der Waals surface area contributed by atoms with Gasteiger partial charge < -0.3 is 14.7 Å². The van der Waals surface area contributed by atoms with E-state index in [1.165, 1.54) is 13.2 Å². The number of carbonyl (C=O) groups excluding carboxylic acids is 1. The van der Waals surface area contributed by atoms with Crippen molar-refractivity contribution in [1.82, 2.24) is 4.90 Å². The SMILES string of the molecule is COc1ccc(C(=O)N(C)Cc2ccc(Br)cc2)cc1O. The number of hydrogen-bond acceptors (Lipinski definition) is 3. The van der Waals surface area contributed by atoms with E-state index in [4.69, 9.17) is 4.74 Å². The summed E-state index contributed by atoms with van der Waals surface area (Å²) in [6.07, 6.45) is 0. The predicted octanol–water partition coefficient (Wildman–Crippen LogP) is 3.44. The van der Waals surface area contributed by atoms with Crippen LogP contribution in [-0.2, 0) is 6.54 Å². The lowest BCUT2D eigenvalue weighted by Gasteiger charge is -2.18. The highest BCUT2D eigenvalue weighted by Crippen LogP contribution is 2.26. The second-order valence-corrected chi connectivity index (χ2v) is 5.59. The lowest BCUT2D eigenvalue weighted by atomic mass is 10.1. The first-order chi connectivity index (χ1) is 10.0. The summed E-state index contributed by atoms with van der Waals surface area (Å²) in [5, 5.41) is 9.74. The van der Waals surface area contributed by atoms with Crippen molar-refractivity contribution in [3.8, 4) is 11.5 Å². The molecular weight excluding hydrogens is 334 g/mol. The summed E-state index contributed by atoms with van der Waals surface area (Å²) in [5.74, 6) is 0.151. The highest BCUT2D eigenvalue weighted by molar-refractivity contribution is 9.10. The van der Waals surface area contributed by atoms with Crippen LogP contribution in [0.15, 0.2) is 46.9 Å². The van der Waals surface area contributed by atoms with Crippen molar-refractivity contribution in [1.29, 1.82) is 0 Å². The Kier molecular flexibility index (Phi) is 4.85. The zero-order chi connectivity index (χ0) is 15.4. The first kappa shape index (κ1) is 15.4. The topological polar surface area (TPSA) is 49.8 Å². The zero-order valence-electron chi connectivity index (χ0n) is 11.8. The Labute approximate surface area is 132 Å². The Bertz CT molecular complexity index is 640. The van der Waals surface area contributed by atoms with Gasteiger partial charge in [-0.3, -0.25) is 4.79 Å². The summed E-state index contributed by atoms with van der Waals surface area (Å²) in [7, 11) is 3.20. The summed E-state index contributed by atoms with van der Waals surface area (Å²) in [6, 6.07) is 12.4. The van der Waals surface area contributed by atoms with Gasteiger partial charge in [0.1, 0.15) is 0 Å². The molecule has 0 aromatic heterocycles. The van der Waals surface area contributed by atoms with Crippen LogP contribution in [0.2, 0.25) is 0 Å². The minimum Gasteiger partial charge on any atom is -0.504 e. The molecule has 0 bridgehead atoms. The fourth-order valence-electron chi connectivity index (χ4n) is 1.98. The third-order valence-electron chi connectivity index (χ3n) is 3.11. The molecule has 0 aliphatic rings. The van der Waals surface area contributed by atoms with Gasteiger partial charge in [-0.2, -0.15) is 0 Å². The van der Waals surface area contributed by atoms with Crippen LogP contribution in [-0.4, -0.2) is 30.1 Å². The molecule has 5 heteroatoms. The van der Waals surface area contributed by atoms with Gasteiger partial charge in [0.2, 0.25) is 0 Å².